The van der Waals surface area contributed by atoms with Gasteiger partial charge in [0.15, 0.2) is 11.5 Å². The minimum Gasteiger partial charge on any atom is -0.493 e. The van der Waals surface area contributed by atoms with E-state index < -0.39 is 0 Å². The summed E-state index contributed by atoms with van der Waals surface area (Å²) in [6, 6.07) is 14.3. The van der Waals surface area contributed by atoms with E-state index in [1.165, 1.54) is 0 Å². The van der Waals surface area contributed by atoms with Gasteiger partial charge in [-0.05, 0) is 43.5 Å². The predicted octanol–water partition coefficient (Wildman–Crippen LogP) is 2.46. The van der Waals surface area contributed by atoms with Crippen molar-refractivity contribution >= 4 is 18.0 Å². The molecule has 1 heterocycles. The van der Waals surface area contributed by atoms with E-state index in [-0.39, 0.29) is 17.9 Å². The first kappa shape index (κ1) is 26.2. The summed E-state index contributed by atoms with van der Waals surface area (Å²) in [6.45, 7) is 3.13. The number of nitrogens with zero attached hydrogens (tertiary/aromatic N) is 2. The molecule has 2 N–H and O–H groups in total. The molecule has 188 valence electrons. The van der Waals surface area contributed by atoms with E-state index in [0.29, 0.717) is 61.9 Å². The Bertz CT molecular complexity index is 977. The van der Waals surface area contributed by atoms with E-state index >= 15 is 0 Å². The van der Waals surface area contributed by atoms with Crippen LogP contribution < -0.4 is 20.2 Å². The van der Waals surface area contributed by atoms with Crippen LogP contribution >= 0.6 is 0 Å². The van der Waals surface area contributed by atoms with Gasteiger partial charge in [0.1, 0.15) is 0 Å². The van der Waals surface area contributed by atoms with E-state index in [1.54, 1.807) is 38.6 Å². The van der Waals surface area contributed by atoms with Crippen molar-refractivity contribution in [2.75, 3.05) is 47.1 Å². The van der Waals surface area contributed by atoms with E-state index in [1.807, 2.05) is 30.3 Å². The number of para-hydroxylation sites is 1. The molecule has 0 spiro atoms. The molecule has 1 atom stereocenters. The Labute approximate surface area is 206 Å². The topological polar surface area (TPSA) is 101 Å². The summed E-state index contributed by atoms with van der Waals surface area (Å²) in [5.74, 6) is 0.886. The summed E-state index contributed by atoms with van der Waals surface area (Å²) in [7, 11) is 3.13. The number of nitrogens with one attached hydrogen (secondary N) is 2. The van der Waals surface area contributed by atoms with E-state index in [4.69, 9.17) is 14.2 Å². The smallest absolute Gasteiger partial charge is 0.257 e. The van der Waals surface area contributed by atoms with Crippen LogP contribution in [0.1, 0.15) is 35.2 Å². The molecular weight excluding hydrogens is 448 g/mol. The average molecular weight is 483 g/mol. The summed E-state index contributed by atoms with van der Waals surface area (Å²) in [5.41, 5.74) is 4.02. The van der Waals surface area contributed by atoms with Crippen LogP contribution in [0, 0.1) is 0 Å². The Balaban J connectivity index is 1.53. The maximum atomic E-state index is 13.0. The number of morpholine rings is 1. The fraction of sp³-hybridized carbons (Fsp3) is 0.423. The molecular formula is C26H34N4O5. The third kappa shape index (κ3) is 7.80. The van der Waals surface area contributed by atoms with Gasteiger partial charge in [0.05, 0.1) is 39.7 Å². The van der Waals surface area contributed by atoms with Crippen molar-refractivity contribution in [3.05, 3.63) is 59.7 Å². The van der Waals surface area contributed by atoms with Crippen molar-refractivity contribution in [1.29, 1.82) is 0 Å². The molecule has 2 aromatic rings. The standard InChI is InChI=1S/C26H34N4O5/c1-33-23-13-8-11-21(24(23)34-2)19-28-29-26(32)22(30-15-17-35-18-16-30)12-6-7-14-27-25(31)20-9-4-3-5-10-20/h3-5,8-11,13,19,22H,6-7,12,14-18H2,1-2H3,(H,27,31)(H,29,32)/b28-19+/t22-/m1/s1. The molecule has 0 unspecified atom stereocenters. The third-order valence-corrected chi connectivity index (χ3v) is 5.83. The van der Waals surface area contributed by atoms with E-state index in [9.17, 15) is 9.59 Å². The number of rotatable bonds is 12. The van der Waals surface area contributed by atoms with E-state index in [2.05, 4.69) is 20.7 Å². The largest absolute Gasteiger partial charge is 0.493 e. The molecule has 1 aliphatic heterocycles. The number of benzene rings is 2. The van der Waals surface area contributed by atoms with Gasteiger partial charge in [-0.15, -0.1) is 0 Å². The number of amides is 2. The van der Waals surface area contributed by atoms with Gasteiger partial charge >= 0.3 is 0 Å². The van der Waals surface area contributed by atoms with Crippen LogP contribution in [0.4, 0.5) is 0 Å². The number of ether oxygens (including phenoxy) is 3. The van der Waals surface area contributed by atoms with Crippen molar-refractivity contribution in [3.63, 3.8) is 0 Å². The van der Waals surface area contributed by atoms with Crippen LogP contribution in [0.3, 0.4) is 0 Å². The Morgan fingerprint density at radius 2 is 1.83 bits per heavy atom. The van der Waals surface area contributed by atoms with Crippen molar-refractivity contribution in [3.8, 4) is 11.5 Å². The number of carbonyl (C=O) groups is 2. The summed E-state index contributed by atoms with van der Waals surface area (Å²) in [5, 5.41) is 7.10. The van der Waals surface area contributed by atoms with Crippen LogP contribution in [0.25, 0.3) is 0 Å². The Hall–Kier alpha value is -3.43. The lowest BCUT2D eigenvalue weighted by Gasteiger charge is -2.33. The van der Waals surface area contributed by atoms with E-state index in [0.717, 1.165) is 12.8 Å². The van der Waals surface area contributed by atoms with Crippen LogP contribution in [-0.4, -0.2) is 76.0 Å². The van der Waals surface area contributed by atoms with Gasteiger partial charge in [-0.2, -0.15) is 5.10 Å². The Kier molecular flexibility index (Phi) is 10.5. The lowest BCUT2D eigenvalue weighted by Crippen LogP contribution is -2.50. The van der Waals surface area contributed by atoms with Crippen LogP contribution in [-0.2, 0) is 9.53 Å². The minimum atomic E-state index is -0.326. The van der Waals surface area contributed by atoms with Crippen molar-refractivity contribution in [2.45, 2.75) is 25.3 Å². The second kappa shape index (κ2) is 14.1. The summed E-state index contributed by atoms with van der Waals surface area (Å²) in [4.78, 5) is 27.4. The number of unbranched alkanes of at least 4 members (excludes halogenated alkanes) is 1. The van der Waals surface area contributed by atoms with Gasteiger partial charge < -0.3 is 19.5 Å². The lowest BCUT2D eigenvalue weighted by molar-refractivity contribution is -0.128. The lowest BCUT2D eigenvalue weighted by atomic mass is 10.1. The molecule has 35 heavy (non-hydrogen) atoms. The number of hydrogen-bond acceptors (Lipinski definition) is 7. The zero-order valence-corrected chi connectivity index (χ0v) is 20.4. The predicted molar refractivity (Wildman–Crippen MR) is 134 cm³/mol. The zero-order chi connectivity index (χ0) is 24.9. The molecule has 0 radical (unpaired) electrons. The normalized spacial score (nSPS) is 14.9. The Morgan fingerprint density at radius 1 is 1.06 bits per heavy atom. The zero-order valence-electron chi connectivity index (χ0n) is 20.4. The monoisotopic (exact) mass is 482 g/mol. The van der Waals surface area contributed by atoms with Crippen molar-refractivity contribution < 1.29 is 23.8 Å². The van der Waals surface area contributed by atoms with Crippen molar-refractivity contribution in [2.24, 2.45) is 5.10 Å². The second-order valence-electron chi connectivity index (χ2n) is 8.10. The molecule has 1 aliphatic rings. The van der Waals surface area contributed by atoms with Gasteiger partial charge in [-0.3, -0.25) is 14.5 Å². The van der Waals surface area contributed by atoms with Crippen LogP contribution in [0.2, 0.25) is 0 Å². The number of hydrazone groups is 1. The molecule has 9 heteroatoms. The fourth-order valence-electron chi connectivity index (χ4n) is 3.98. The van der Waals surface area contributed by atoms with Gasteiger partial charge in [-0.25, -0.2) is 5.43 Å². The first-order valence-electron chi connectivity index (χ1n) is 11.8. The van der Waals surface area contributed by atoms with Gasteiger partial charge in [0.25, 0.3) is 11.8 Å². The molecule has 0 bridgehead atoms. The number of methoxy groups -OCH3 is 2. The molecule has 0 saturated carbocycles. The highest BCUT2D eigenvalue weighted by Gasteiger charge is 2.27. The minimum absolute atomic E-state index is 0.0876. The second-order valence-corrected chi connectivity index (χ2v) is 8.10. The van der Waals surface area contributed by atoms with Gasteiger partial charge in [0.2, 0.25) is 0 Å². The van der Waals surface area contributed by atoms with Gasteiger partial charge in [-0.1, -0.05) is 24.3 Å². The highest BCUT2D eigenvalue weighted by molar-refractivity contribution is 5.94. The first-order valence-corrected chi connectivity index (χ1v) is 11.8. The van der Waals surface area contributed by atoms with Crippen LogP contribution in [0.5, 0.6) is 11.5 Å². The number of hydrogen-bond donors (Lipinski definition) is 2. The van der Waals surface area contributed by atoms with Crippen molar-refractivity contribution in [1.82, 2.24) is 15.6 Å². The molecule has 2 aromatic carbocycles. The maximum absolute atomic E-state index is 13.0. The summed E-state index contributed by atoms with van der Waals surface area (Å²) in [6.07, 6.45) is 3.77. The average Bonchev–Trinajstić information content (AvgIpc) is 2.91. The SMILES string of the molecule is COc1cccc(/C=N/NC(=O)[C@@H](CCCCNC(=O)c2ccccc2)N2CCOCC2)c1OC. The highest BCUT2D eigenvalue weighted by Crippen LogP contribution is 2.29. The first-order chi connectivity index (χ1) is 17.1. The molecule has 1 fully saturated rings. The van der Waals surface area contributed by atoms with Gasteiger partial charge in [0, 0.05) is 30.8 Å². The fourth-order valence-corrected chi connectivity index (χ4v) is 3.98. The van der Waals surface area contributed by atoms with Crippen LogP contribution in [0.15, 0.2) is 53.6 Å². The molecule has 1 saturated heterocycles. The number of carbonyl (C=O) groups excluding carboxylic acids is 2. The summed E-state index contributed by atoms with van der Waals surface area (Å²) < 4.78 is 16.2. The molecule has 3 rings (SSSR count). The summed E-state index contributed by atoms with van der Waals surface area (Å²) >= 11 is 0. The molecule has 0 aromatic heterocycles. The maximum Gasteiger partial charge on any atom is 0.257 e. The molecule has 2 amide bonds. The molecule has 0 aliphatic carbocycles. The third-order valence-electron chi connectivity index (χ3n) is 5.83. The highest BCUT2D eigenvalue weighted by atomic mass is 16.5. The quantitative estimate of drug-likeness (QED) is 0.274. The molecule has 9 nitrogen and oxygen atoms in total. The Morgan fingerprint density at radius 3 is 2.54 bits per heavy atom.